The van der Waals surface area contributed by atoms with Gasteiger partial charge in [-0.25, -0.2) is 0 Å². The summed E-state index contributed by atoms with van der Waals surface area (Å²) in [4.78, 5) is 0. The summed E-state index contributed by atoms with van der Waals surface area (Å²) in [5, 5.41) is 8.92. The van der Waals surface area contributed by atoms with E-state index in [0.717, 1.165) is 19.5 Å². The van der Waals surface area contributed by atoms with Crippen LogP contribution in [0.4, 0.5) is 0 Å². The van der Waals surface area contributed by atoms with E-state index in [-0.39, 0.29) is 0 Å². The molecule has 0 amide bonds. The van der Waals surface area contributed by atoms with Gasteiger partial charge >= 0.3 is 0 Å². The van der Waals surface area contributed by atoms with E-state index in [1.807, 2.05) is 0 Å². The second-order valence-electron chi connectivity index (χ2n) is 5.91. The molecule has 0 saturated heterocycles. The number of nitrogens with zero attached hydrogens (tertiary/aromatic N) is 3. The molecule has 1 unspecified atom stereocenters. The van der Waals surface area contributed by atoms with Crippen molar-refractivity contribution in [1.82, 2.24) is 14.8 Å². The van der Waals surface area contributed by atoms with Gasteiger partial charge in [0.05, 0.1) is 0 Å². The molecule has 1 saturated carbocycles. The molecule has 0 spiro atoms. The van der Waals surface area contributed by atoms with E-state index in [1.54, 1.807) is 0 Å². The zero-order valence-corrected chi connectivity index (χ0v) is 11.1. The number of aromatic nitrogens is 3. The van der Waals surface area contributed by atoms with E-state index >= 15 is 0 Å². The fourth-order valence-corrected chi connectivity index (χ4v) is 3.46. The van der Waals surface area contributed by atoms with E-state index < -0.39 is 0 Å². The Morgan fingerprint density at radius 2 is 1.83 bits per heavy atom. The number of rotatable bonds is 2. The Morgan fingerprint density at radius 3 is 2.56 bits per heavy atom. The molecule has 1 aromatic heterocycles. The minimum atomic E-state index is 0.615. The van der Waals surface area contributed by atoms with Crippen molar-refractivity contribution >= 4 is 0 Å². The van der Waals surface area contributed by atoms with Crippen LogP contribution in [0.2, 0.25) is 0 Å². The van der Waals surface area contributed by atoms with Gasteiger partial charge in [-0.05, 0) is 31.7 Å². The second-order valence-corrected chi connectivity index (χ2v) is 5.91. The van der Waals surface area contributed by atoms with Gasteiger partial charge in [0.1, 0.15) is 11.6 Å². The number of hydrogen-bond acceptors (Lipinski definition) is 3. The van der Waals surface area contributed by atoms with Crippen LogP contribution in [-0.4, -0.2) is 21.3 Å². The van der Waals surface area contributed by atoms with E-state index in [2.05, 4.69) is 14.8 Å². The standard InChI is InChI=1S/C14H24N4/c15-10-11-7-8-18-13(9-11)16-17-14(18)12-5-3-1-2-4-6-12/h11-12H,1-10,15H2. The lowest BCUT2D eigenvalue weighted by Gasteiger charge is -2.24. The summed E-state index contributed by atoms with van der Waals surface area (Å²) < 4.78 is 2.39. The molecule has 1 aliphatic heterocycles. The third-order valence-corrected chi connectivity index (χ3v) is 4.64. The largest absolute Gasteiger partial charge is 0.330 e. The van der Waals surface area contributed by atoms with Crippen LogP contribution in [0.5, 0.6) is 0 Å². The van der Waals surface area contributed by atoms with Gasteiger partial charge in [-0.1, -0.05) is 25.7 Å². The maximum atomic E-state index is 5.77. The van der Waals surface area contributed by atoms with Gasteiger partial charge in [0.15, 0.2) is 0 Å². The smallest absolute Gasteiger partial charge is 0.136 e. The Morgan fingerprint density at radius 1 is 1.06 bits per heavy atom. The third kappa shape index (κ3) is 2.30. The molecule has 2 N–H and O–H groups in total. The van der Waals surface area contributed by atoms with Crippen LogP contribution in [-0.2, 0) is 13.0 Å². The van der Waals surface area contributed by atoms with Crippen molar-refractivity contribution in [2.45, 2.75) is 63.8 Å². The van der Waals surface area contributed by atoms with Gasteiger partial charge in [0, 0.05) is 18.9 Å². The van der Waals surface area contributed by atoms with E-state index in [9.17, 15) is 0 Å². The molecule has 0 bridgehead atoms. The zero-order chi connectivity index (χ0) is 12.4. The van der Waals surface area contributed by atoms with Crippen molar-refractivity contribution in [1.29, 1.82) is 0 Å². The highest BCUT2D eigenvalue weighted by atomic mass is 15.3. The molecule has 0 radical (unpaired) electrons. The predicted molar refractivity (Wildman–Crippen MR) is 71.3 cm³/mol. The topological polar surface area (TPSA) is 56.7 Å². The van der Waals surface area contributed by atoms with Gasteiger partial charge < -0.3 is 10.3 Å². The molecule has 1 fully saturated rings. The van der Waals surface area contributed by atoms with Crippen LogP contribution >= 0.6 is 0 Å². The van der Waals surface area contributed by atoms with Gasteiger partial charge in [0.25, 0.3) is 0 Å². The molecule has 1 aliphatic carbocycles. The quantitative estimate of drug-likeness (QED) is 0.817. The summed E-state index contributed by atoms with van der Waals surface area (Å²) in [5.74, 6) is 3.71. The summed E-state index contributed by atoms with van der Waals surface area (Å²) in [6.07, 6.45) is 10.3. The molecule has 0 aromatic carbocycles. The highest BCUT2D eigenvalue weighted by molar-refractivity contribution is 5.06. The second kappa shape index (κ2) is 5.39. The van der Waals surface area contributed by atoms with E-state index in [4.69, 9.17) is 5.73 Å². The summed E-state index contributed by atoms with van der Waals surface area (Å²) in [5.41, 5.74) is 5.77. The lowest BCUT2D eigenvalue weighted by atomic mass is 9.96. The Balaban J connectivity index is 1.79. The molecular formula is C14H24N4. The van der Waals surface area contributed by atoms with Crippen molar-refractivity contribution < 1.29 is 0 Å². The maximum absolute atomic E-state index is 5.77. The summed E-state index contributed by atoms with van der Waals surface area (Å²) in [6, 6.07) is 0. The van der Waals surface area contributed by atoms with Crippen molar-refractivity contribution in [3.8, 4) is 0 Å². The molecule has 1 atom stereocenters. The first-order valence-corrected chi connectivity index (χ1v) is 7.50. The molecular weight excluding hydrogens is 224 g/mol. The molecule has 4 heteroatoms. The molecule has 4 nitrogen and oxygen atoms in total. The minimum absolute atomic E-state index is 0.615. The number of hydrogen-bond donors (Lipinski definition) is 1. The van der Waals surface area contributed by atoms with Gasteiger partial charge in [-0.3, -0.25) is 0 Å². The van der Waals surface area contributed by atoms with Gasteiger partial charge in [0.2, 0.25) is 0 Å². The summed E-state index contributed by atoms with van der Waals surface area (Å²) in [6.45, 7) is 1.86. The van der Waals surface area contributed by atoms with Crippen LogP contribution in [0.15, 0.2) is 0 Å². The Labute approximate surface area is 109 Å². The predicted octanol–water partition coefficient (Wildman–Crippen LogP) is 2.24. The Bertz CT molecular complexity index is 390. The monoisotopic (exact) mass is 248 g/mol. The van der Waals surface area contributed by atoms with Crippen molar-refractivity contribution in [2.24, 2.45) is 11.7 Å². The Kier molecular flexibility index (Phi) is 3.64. The highest BCUT2D eigenvalue weighted by Gasteiger charge is 2.26. The van der Waals surface area contributed by atoms with Crippen LogP contribution in [0.3, 0.4) is 0 Å². The van der Waals surface area contributed by atoms with Gasteiger partial charge in [-0.15, -0.1) is 10.2 Å². The van der Waals surface area contributed by atoms with Gasteiger partial charge in [-0.2, -0.15) is 0 Å². The molecule has 18 heavy (non-hydrogen) atoms. The lowest BCUT2D eigenvalue weighted by Crippen LogP contribution is -2.26. The maximum Gasteiger partial charge on any atom is 0.136 e. The summed E-state index contributed by atoms with van der Waals surface area (Å²) >= 11 is 0. The fraction of sp³-hybridized carbons (Fsp3) is 0.857. The fourth-order valence-electron chi connectivity index (χ4n) is 3.46. The lowest BCUT2D eigenvalue weighted by molar-refractivity contribution is 0.375. The SMILES string of the molecule is NCC1CCn2c(nnc2C2CCCCCC2)C1. The minimum Gasteiger partial charge on any atom is -0.330 e. The molecule has 100 valence electrons. The molecule has 3 rings (SSSR count). The van der Waals surface area contributed by atoms with Crippen LogP contribution < -0.4 is 5.73 Å². The molecule has 2 aliphatic rings. The third-order valence-electron chi connectivity index (χ3n) is 4.64. The highest BCUT2D eigenvalue weighted by Crippen LogP contribution is 2.32. The summed E-state index contributed by atoms with van der Waals surface area (Å²) in [7, 11) is 0. The van der Waals surface area contributed by atoms with Crippen LogP contribution in [0.1, 0.15) is 62.5 Å². The Hall–Kier alpha value is -0.900. The first-order chi connectivity index (χ1) is 8.88. The average Bonchev–Trinajstić information content (AvgIpc) is 2.64. The zero-order valence-electron chi connectivity index (χ0n) is 11.1. The van der Waals surface area contributed by atoms with Crippen molar-refractivity contribution in [2.75, 3.05) is 6.54 Å². The number of nitrogens with two attached hydrogens (primary N) is 1. The first kappa shape index (κ1) is 12.2. The first-order valence-electron chi connectivity index (χ1n) is 7.50. The normalized spacial score (nSPS) is 25.7. The average molecular weight is 248 g/mol. The van der Waals surface area contributed by atoms with E-state index in [1.165, 1.54) is 56.6 Å². The van der Waals surface area contributed by atoms with Crippen molar-refractivity contribution in [3.63, 3.8) is 0 Å². The van der Waals surface area contributed by atoms with Crippen LogP contribution in [0.25, 0.3) is 0 Å². The molecule has 1 aromatic rings. The number of fused-ring (bicyclic) bond motifs is 1. The van der Waals surface area contributed by atoms with Crippen LogP contribution in [0, 0.1) is 5.92 Å². The van der Waals surface area contributed by atoms with E-state index in [0.29, 0.717) is 11.8 Å². The van der Waals surface area contributed by atoms with Crippen molar-refractivity contribution in [3.05, 3.63) is 11.6 Å². The molecule has 2 heterocycles.